The maximum Gasteiger partial charge on any atom is 0.319 e. The minimum atomic E-state index is -0.633. The van der Waals surface area contributed by atoms with Crippen LogP contribution in [0.15, 0.2) is 0 Å². The summed E-state index contributed by atoms with van der Waals surface area (Å²) in [7, 11) is 2.89. The van der Waals surface area contributed by atoms with Crippen molar-refractivity contribution in [1.29, 1.82) is 0 Å². The summed E-state index contributed by atoms with van der Waals surface area (Å²) in [6.07, 6.45) is -0.633. The molecule has 0 aromatic rings. The van der Waals surface area contributed by atoms with Gasteiger partial charge in [-0.1, -0.05) is 0 Å². The van der Waals surface area contributed by atoms with Gasteiger partial charge in [0.05, 0.1) is 39.6 Å². The van der Waals surface area contributed by atoms with E-state index < -0.39 is 6.10 Å². The Labute approximate surface area is 89.5 Å². The van der Waals surface area contributed by atoms with E-state index in [1.807, 2.05) is 0 Å². The van der Waals surface area contributed by atoms with Crippen molar-refractivity contribution in [3.63, 3.8) is 0 Å². The quantitative estimate of drug-likeness (QED) is 0.375. The average Bonchev–Trinajstić information content (AvgIpc) is 2.24. The molecule has 0 bridgehead atoms. The van der Waals surface area contributed by atoms with Gasteiger partial charge in [0.25, 0.3) is 0 Å². The standard InChI is InChI=1S/C9H19NO5/c1-13-3-4-15-7-8(11)5-10-6-9(12)14-2/h8,10-11H,3-7H2,1-2H3. The summed E-state index contributed by atoms with van der Waals surface area (Å²) in [5, 5.41) is 12.1. The number of aliphatic hydroxyl groups excluding tert-OH is 1. The van der Waals surface area contributed by atoms with Crippen molar-refractivity contribution in [3.05, 3.63) is 0 Å². The van der Waals surface area contributed by atoms with E-state index >= 15 is 0 Å². The molecule has 15 heavy (non-hydrogen) atoms. The van der Waals surface area contributed by atoms with Crippen LogP contribution in [-0.2, 0) is 19.0 Å². The van der Waals surface area contributed by atoms with Crippen molar-refractivity contribution < 1.29 is 24.1 Å². The molecule has 0 saturated heterocycles. The normalized spacial score (nSPS) is 12.5. The summed E-state index contributed by atoms with van der Waals surface area (Å²) in [6, 6.07) is 0. The number of carbonyl (C=O) groups excluding carboxylic acids is 1. The number of rotatable bonds is 9. The van der Waals surface area contributed by atoms with Crippen LogP contribution < -0.4 is 5.32 Å². The lowest BCUT2D eigenvalue weighted by Gasteiger charge is -2.11. The van der Waals surface area contributed by atoms with Crippen LogP contribution in [0.3, 0.4) is 0 Å². The van der Waals surface area contributed by atoms with Gasteiger partial charge >= 0.3 is 5.97 Å². The third-order valence-electron chi connectivity index (χ3n) is 1.62. The third-order valence-corrected chi connectivity index (χ3v) is 1.62. The molecule has 0 rings (SSSR count). The van der Waals surface area contributed by atoms with Crippen molar-refractivity contribution in [2.24, 2.45) is 0 Å². The van der Waals surface area contributed by atoms with Gasteiger partial charge in [0.1, 0.15) is 0 Å². The Kier molecular flexibility index (Phi) is 9.40. The number of aliphatic hydroxyl groups is 1. The summed E-state index contributed by atoms with van der Waals surface area (Å²) < 4.78 is 14.3. The Morgan fingerprint density at radius 2 is 2.13 bits per heavy atom. The molecule has 0 radical (unpaired) electrons. The van der Waals surface area contributed by atoms with Gasteiger partial charge in [0.2, 0.25) is 0 Å². The summed E-state index contributed by atoms with van der Waals surface area (Å²) >= 11 is 0. The number of hydrogen-bond acceptors (Lipinski definition) is 6. The van der Waals surface area contributed by atoms with Crippen LogP contribution >= 0.6 is 0 Å². The average molecular weight is 221 g/mol. The van der Waals surface area contributed by atoms with Gasteiger partial charge in [0, 0.05) is 13.7 Å². The number of hydrogen-bond donors (Lipinski definition) is 2. The first-order chi connectivity index (χ1) is 7.20. The van der Waals surface area contributed by atoms with E-state index in [-0.39, 0.29) is 19.1 Å². The van der Waals surface area contributed by atoms with Crippen LogP contribution in [0.1, 0.15) is 0 Å². The highest BCUT2D eigenvalue weighted by molar-refractivity contribution is 5.71. The zero-order valence-corrected chi connectivity index (χ0v) is 9.19. The molecule has 0 aliphatic carbocycles. The van der Waals surface area contributed by atoms with Gasteiger partial charge in [-0.25, -0.2) is 0 Å². The highest BCUT2D eigenvalue weighted by Gasteiger charge is 2.05. The molecule has 0 fully saturated rings. The Balaban J connectivity index is 3.25. The zero-order chi connectivity index (χ0) is 11.5. The lowest BCUT2D eigenvalue weighted by molar-refractivity contribution is -0.139. The molecule has 90 valence electrons. The molecule has 2 N–H and O–H groups in total. The molecule has 0 aliphatic heterocycles. The van der Waals surface area contributed by atoms with Gasteiger partial charge in [-0.3, -0.25) is 4.79 Å². The number of ether oxygens (including phenoxy) is 3. The third kappa shape index (κ3) is 9.61. The van der Waals surface area contributed by atoms with Crippen molar-refractivity contribution in [1.82, 2.24) is 5.32 Å². The second-order valence-electron chi connectivity index (χ2n) is 2.93. The minimum Gasteiger partial charge on any atom is -0.468 e. The molecule has 1 unspecified atom stereocenters. The lowest BCUT2D eigenvalue weighted by Crippen LogP contribution is -2.34. The van der Waals surface area contributed by atoms with Crippen molar-refractivity contribution in [2.45, 2.75) is 6.10 Å². The Morgan fingerprint density at radius 3 is 2.73 bits per heavy atom. The van der Waals surface area contributed by atoms with E-state index in [1.165, 1.54) is 7.11 Å². The summed E-state index contributed by atoms with van der Waals surface area (Å²) in [4.78, 5) is 10.7. The maximum absolute atomic E-state index is 10.7. The molecule has 0 heterocycles. The van der Waals surface area contributed by atoms with E-state index in [9.17, 15) is 9.90 Å². The highest BCUT2D eigenvalue weighted by Crippen LogP contribution is 1.84. The molecule has 6 nitrogen and oxygen atoms in total. The molecule has 1 atom stereocenters. The molecule has 0 saturated carbocycles. The monoisotopic (exact) mass is 221 g/mol. The van der Waals surface area contributed by atoms with Crippen LogP contribution in [0.2, 0.25) is 0 Å². The van der Waals surface area contributed by atoms with Crippen molar-refractivity contribution in [2.75, 3.05) is 47.1 Å². The van der Waals surface area contributed by atoms with Crippen molar-refractivity contribution in [3.8, 4) is 0 Å². The Bertz CT molecular complexity index is 165. The van der Waals surface area contributed by atoms with E-state index in [4.69, 9.17) is 9.47 Å². The molecule has 0 spiro atoms. The maximum atomic E-state index is 10.7. The molecule has 6 heteroatoms. The minimum absolute atomic E-state index is 0.0889. The number of esters is 1. The number of carbonyl (C=O) groups is 1. The predicted molar refractivity (Wildman–Crippen MR) is 53.6 cm³/mol. The molecule has 0 aromatic heterocycles. The lowest BCUT2D eigenvalue weighted by atomic mass is 10.4. The molecular weight excluding hydrogens is 202 g/mol. The fraction of sp³-hybridized carbons (Fsp3) is 0.889. The second-order valence-corrected chi connectivity index (χ2v) is 2.93. The zero-order valence-electron chi connectivity index (χ0n) is 9.19. The Morgan fingerprint density at radius 1 is 1.40 bits per heavy atom. The largest absolute Gasteiger partial charge is 0.468 e. The van der Waals surface area contributed by atoms with E-state index in [2.05, 4.69) is 10.1 Å². The van der Waals surface area contributed by atoms with Gasteiger partial charge in [0.15, 0.2) is 0 Å². The van der Waals surface area contributed by atoms with Crippen LogP contribution in [0.25, 0.3) is 0 Å². The molecule has 0 aliphatic rings. The molecule has 0 aromatic carbocycles. The van der Waals surface area contributed by atoms with Crippen LogP contribution in [-0.4, -0.2) is 64.3 Å². The molecule has 0 amide bonds. The van der Waals surface area contributed by atoms with Crippen LogP contribution in [0.5, 0.6) is 0 Å². The van der Waals surface area contributed by atoms with Gasteiger partial charge in [-0.2, -0.15) is 0 Å². The van der Waals surface area contributed by atoms with Crippen LogP contribution in [0, 0.1) is 0 Å². The number of nitrogens with one attached hydrogen (secondary N) is 1. The highest BCUT2D eigenvalue weighted by atomic mass is 16.5. The Hall–Kier alpha value is -0.690. The number of methoxy groups -OCH3 is 2. The van der Waals surface area contributed by atoms with E-state index in [0.717, 1.165) is 0 Å². The van der Waals surface area contributed by atoms with Gasteiger partial charge < -0.3 is 24.6 Å². The fourth-order valence-corrected chi connectivity index (χ4v) is 0.834. The summed E-state index contributed by atoms with van der Waals surface area (Å²) in [6.45, 7) is 1.55. The second kappa shape index (κ2) is 9.85. The topological polar surface area (TPSA) is 77.0 Å². The van der Waals surface area contributed by atoms with Crippen LogP contribution in [0.4, 0.5) is 0 Å². The fourth-order valence-electron chi connectivity index (χ4n) is 0.834. The SMILES string of the molecule is COCCOCC(O)CNCC(=O)OC. The first-order valence-corrected chi connectivity index (χ1v) is 4.73. The van der Waals surface area contributed by atoms with E-state index in [1.54, 1.807) is 7.11 Å². The van der Waals surface area contributed by atoms with Gasteiger partial charge in [-0.15, -0.1) is 0 Å². The predicted octanol–water partition coefficient (Wildman–Crippen LogP) is -1.23. The first kappa shape index (κ1) is 14.3. The smallest absolute Gasteiger partial charge is 0.319 e. The van der Waals surface area contributed by atoms with Gasteiger partial charge in [-0.05, 0) is 0 Å². The van der Waals surface area contributed by atoms with Crippen molar-refractivity contribution >= 4 is 5.97 Å². The summed E-state index contributed by atoms with van der Waals surface area (Å²) in [5.41, 5.74) is 0. The summed E-state index contributed by atoms with van der Waals surface area (Å²) in [5.74, 6) is -0.359. The van der Waals surface area contributed by atoms with E-state index in [0.29, 0.717) is 19.8 Å². The molecular formula is C9H19NO5. The first-order valence-electron chi connectivity index (χ1n) is 4.73.